The van der Waals surface area contributed by atoms with Crippen molar-refractivity contribution in [2.75, 3.05) is 0 Å². The molecule has 1 aromatic heterocycles. The van der Waals surface area contributed by atoms with E-state index in [0.29, 0.717) is 11.0 Å². The predicted molar refractivity (Wildman–Crippen MR) is 89.8 cm³/mol. The van der Waals surface area contributed by atoms with Crippen LogP contribution in [-0.2, 0) is 11.3 Å². The molecule has 0 bridgehead atoms. The maximum atomic E-state index is 11.9. The zero-order valence-electron chi connectivity index (χ0n) is 13.0. The molecule has 7 heteroatoms. The van der Waals surface area contributed by atoms with Gasteiger partial charge in [-0.1, -0.05) is 48.5 Å². The van der Waals surface area contributed by atoms with Gasteiger partial charge in [0.25, 0.3) is 0 Å². The lowest BCUT2D eigenvalue weighted by Gasteiger charge is -2.08. The quantitative estimate of drug-likeness (QED) is 0.498. The van der Waals surface area contributed by atoms with Gasteiger partial charge in [-0.15, -0.1) is 0 Å². The molecular formula is C18H14N2O5. The van der Waals surface area contributed by atoms with Crippen molar-refractivity contribution in [3.63, 3.8) is 0 Å². The Balaban J connectivity index is 1.77. The van der Waals surface area contributed by atoms with Crippen LogP contribution in [0.3, 0.4) is 0 Å². The number of aromatic carboxylic acids is 1. The highest BCUT2D eigenvalue weighted by molar-refractivity contribution is 6.17. The number of para-hydroxylation sites is 1. The summed E-state index contributed by atoms with van der Waals surface area (Å²) in [5, 5.41) is 20.0. The van der Waals surface area contributed by atoms with E-state index in [1.807, 2.05) is 18.2 Å². The van der Waals surface area contributed by atoms with Crippen LogP contribution in [0.1, 0.15) is 21.7 Å². The molecule has 0 spiro atoms. The number of hydrogen-bond donors (Lipinski definition) is 3. The van der Waals surface area contributed by atoms with Crippen molar-refractivity contribution in [2.24, 2.45) is 0 Å². The molecule has 0 saturated heterocycles. The summed E-state index contributed by atoms with van der Waals surface area (Å²) in [6.07, 6.45) is -0.851. The lowest BCUT2D eigenvalue weighted by molar-refractivity contribution is 0.0664. The van der Waals surface area contributed by atoms with Gasteiger partial charge in [0.1, 0.15) is 18.0 Å². The lowest BCUT2D eigenvalue weighted by atomic mass is 10.1. The second-order valence-corrected chi connectivity index (χ2v) is 5.17. The van der Waals surface area contributed by atoms with E-state index < -0.39 is 23.7 Å². The monoisotopic (exact) mass is 338 g/mol. The average molecular weight is 338 g/mol. The minimum atomic E-state index is -1.32. The van der Waals surface area contributed by atoms with E-state index in [2.05, 4.69) is 5.32 Å². The first-order chi connectivity index (χ1) is 12.1. The first kappa shape index (κ1) is 16.3. The molecule has 0 atom stereocenters. The zero-order valence-corrected chi connectivity index (χ0v) is 13.0. The van der Waals surface area contributed by atoms with Gasteiger partial charge < -0.3 is 14.3 Å². The second kappa shape index (κ2) is 6.88. The number of hydrogen-bond acceptors (Lipinski definition) is 5. The molecule has 2 aromatic carbocycles. The van der Waals surface area contributed by atoms with Gasteiger partial charge in [0, 0.05) is 5.39 Å². The Morgan fingerprint density at radius 1 is 1.08 bits per heavy atom. The van der Waals surface area contributed by atoms with Crippen LogP contribution in [0, 0.1) is 5.41 Å². The predicted octanol–water partition coefficient (Wildman–Crippen LogP) is 3.38. The fourth-order valence-corrected chi connectivity index (χ4v) is 2.37. The van der Waals surface area contributed by atoms with E-state index in [1.54, 1.807) is 36.4 Å². The third-order valence-electron chi connectivity index (χ3n) is 3.48. The summed E-state index contributed by atoms with van der Waals surface area (Å²) in [5.74, 6) is -2.13. The Labute approximate surface area is 142 Å². The molecule has 7 nitrogen and oxygen atoms in total. The van der Waals surface area contributed by atoms with Crippen LogP contribution in [-0.4, -0.2) is 23.0 Å². The van der Waals surface area contributed by atoms with Crippen LogP contribution in [0.25, 0.3) is 11.0 Å². The van der Waals surface area contributed by atoms with Gasteiger partial charge >= 0.3 is 12.1 Å². The standard InChI is InChI=1S/C18H14N2O5/c19-16(20-18(23)24-10-11-6-2-1-3-7-11)14-12-8-4-5-9-13(12)25-15(14)17(21)22/h1-9H,10H2,(H,21,22)(H2,19,20,23). The summed E-state index contributed by atoms with van der Waals surface area (Å²) in [5.41, 5.74) is 1.11. The first-order valence-corrected chi connectivity index (χ1v) is 7.37. The first-order valence-electron chi connectivity index (χ1n) is 7.37. The number of amides is 1. The third kappa shape index (κ3) is 3.50. The number of rotatable bonds is 4. The van der Waals surface area contributed by atoms with Gasteiger partial charge in [0.2, 0.25) is 5.76 Å². The Kier molecular flexibility index (Phi) is 4.47. The summed E-state index contributed by atoms with van der Waals surface area (Å²) in [6.45, 7) is 0.0396. The third-order valence-corrected chi connectivity index (χ3v) is 3.48. The number of carbonyl (C=O) groups is 2. The Morgan fingerprint density at radius 3 is 2.48 bits per heavy atom. The summed E-state index contributed by atoms with van der Waals surface area (Å²) in [6, 6.07) is 15.6. The minimum absolute atomic E-state index is 0.000221. The van der Waals surface area contributed by atoms with Crippen LogP contribution in [0.2, 0.25) is 0 Å². The molecule has 3 rings (SSSR count). The van der Waals surface area contributed by atoms with E-state index in [1.165, 1.54) is 0 Å². The number of carbonyl (C=O) groups excluding carboxylic acids is 1. The van der Waals surface area contributed by atoms with E-state index in [9.17, 15) is 14.7 Å². The molecule has 0 aliphatic rings. The number of ether oxygens (including phenoxy) is 1. The molecule has 0 unspecified atom stereocenters. The zero-order chi connectivity index (χ0) is 17.8. The number of furan rings is 1. The normalized spacial score (nSPS) is 10.4. The van der Waals surface area contributed by atoms with E-state index in [4.69, 9.17) is 14.6 Å². The number of benzene rings is 2. The van der Waals surface area contributed by atoms with Gasteiger partial charge in [-0.2, -0.15) is 0 Å². The molecule has 0 fully saturated rings. The maximum Gasteiger partial charge on any atom is 0.413 e. The largest absolute Gasteiger partial charge is 0.475 e. The minimum Gasteiger partial charge on any atom is -0.475 e. The Morgan fingerprint density at radius 2 is 1.76 bits per heavy atom. The van der Waals surface area contributed by atoms with E-state index in [-0.39, 0.29) is 12.2 Å². The molecule has 0 aliphatic heterocycles. The molecular weight excluding hydrogens is 324 g/mol. The van der Waals surface area contributed by atoms with Gasteiger partial charge in [-0.3, -0.25) is 10.7 Å². The highest BCUT2D eigenvalue weighted by Crippen LogP contribution is 2.25. The fraction of sp³-hybridized carbons (Fsp3) is 0.0556. The van der Waals surface area contributed by atoms with Crippen molar-refractivity contribution >= 4 is 28.9 Å². The number of alkyl carbamates (subject to hydrolysis) is 1. The molecule has 0 aliphatic carbocycles. The topological polar surface area (TPSA) is 113 Å². The average Bonchev–Trinajstić information content (AvgIpc) is 3.01. The fourth-order valence-electron chi connectivity index (χ4n) is 2.37. The molecule has 3 aromatic rings. The van der Waals surface area contributed by atoms with E-state index in [0.717, 1.165) is 5.56 Å². The van der Waals surface area contributed by atoms with Crippen molar-refractivity contribution in [3.05, 3.63) is 71.5 Å². The van der Waals surface area contributed by atoms with Crippen LogP contribution in [0.15, 0.2) is 59.0 Å². The molecule has 126 valence electrons. The van der Waals surface area contributed by atoms with Gasteiger partial charge in [0.05, 0.1) is 5.56 Å². The van der Waals surface area contributed by atoms with Crippen LogP contribution in [0.5, 0.6) is 0 Å². The van der Waals surface area contributed by atoms with Crippen LogP contribution >= 0.6 is 0 Å². The molecule has 0 saturated carbocycles. The van der Waals surface area contributed by atoms with Gasteiger partial charge in [0.15, 0.2) is 0 Å². The number of carboxylic acid groups (broad SMARTS) is 1. The van der Waals surface area contributed by atoms with Crippen molar-refractivity contribution in [1.82, 2.24) is 5.32 Å². The number of amidine groups is 1. The van der Waals surface area contributed by atoms with E-state index >= 15 is 0 Å². The molecule has 3 N–H and O–H groups in total. The van der Waals surface area contributed by atoms with Crippen LogP contribution < -0.4 is 5.32 Å². The van der Waals surface area contributed by atoms with Gasteiger partial charge in [-0.05, 0) is 11.6 Å². The SMILES string of the molecule is N=C(NC(=O)OCc1ccccc1)c1c(C(=O)O)oc2ccccc12. The van der Waals surface area contributed by atoms with Crippen molar-refractivity contribution in [3.8, 4) is 0 Å². The summed E-state index contributed by atoms with van der Waals surface area (Å²) in [4.78, 5) is 23.2. The van der Waals surface area contributed by atoms with Crippen molar-refractivity contribution < 1.29 is 23.8 Å². The Hall–Kier alpha value is -3.61. The maximum absolute atomic E-state index is 11.9. The van der Waals surface area contributed by atoms with Crippen LogP contribution in [0.4, 0.5) is 4.79 Å². The second-order valence-electron chi connectivity index (χ2n) is 5.17. The molecule has 1 heterocycles. The lowest BCUT2D eigenvalue weighted by Crippen LogP contribution is -2.31. The number of fused-ring (bicyclic) bond motifs is 1. The number of carboxylic acids is 1. The summed E-state index contributed by atoms with van der Waals surface area (Å²) in [7, 11) is 0. The molecule has 1 amide bonds. The van der Waals surface area contributed by atoms with Crippen molar-refractivity contribution in [2.45, 2.75) is 6.61 Å². The Bertz CT molecular complexity index is 947. The molecule has 0 radical (unpaired) electrons. The molecule has 25 heavy (non-hydrogen) atoms. The summed E-state index contributed by atoms with van der Waals surface area (Å²) < 4.78 is 10.3. The highest BCUT2D eigenvalue weighted by atomic mass is 16.5. The summed E-state index contributed by atoms with van der Waals surface area (Å²) >= 11 is 0. The van der Waals surface area contributed by atoms with Crippen molar-refractivity contribution in [1.29, 1.82) is 5.41 Å². The van der Waals surface area contributed by atoms with Gasteiger partial charge in [-0.25, -0.2) is 9.59 Å². The number of nitrogens with one attached hydrogen (secondary N) is 2. The smallest absolute Gasteiger partial charge is 0.413 e. The highest BCUT2D eigenvalue weighted by Gasteiger charge is 2.24.